The Balaban J connectivity index is 2.41. The second-order valence-corrected chi connectivity index (χ2v) is 5.39. The molecule has 2 rings (SSSR count). The SMILES string of the molecule is Fc1ccc(C(Cl)c2ccc(Cl)cc2Cl)cc1Cl. The first-order chi connectivity index (χ1) is 8.49. The molecule has 1 atom stereocenters. The van der Waals surface area contributed by atoms with Crippen LogP contribution < -0.4 is 0 Å². The molecule has 0 N–H and O–H groups in total. The van der Waals surface area contributed by atoms with Crippen LogP contribution in [0, 0.1) is 5.82 Å². The fourth-order valence-corrected chi connectivity index (χ4v) is 2.65. The van der Waals surface area contributed by atoms with Crippen molar-refractivity contribution in [3.05, 3.63) is 68.4 Å². The summed E-state index contributed by atoms with van der Waals surface area (Å²) < 4.78 is 13.1. The summed E-state index contributed by atoms with van der Waals surface area (Å²) in [6, 6.07) is 9.38. The van der Waals surface area contributed by atoms with E-state index < -0.39 is 11.2 Å². The molecule has 0 nitrogen and oxygen atoms in total. The van der Waals surface area contributed by atoms with Gasteiger partial charge in [0.05, 0.1) is 10.4 Å². The highest BCUT2D eigenvalue weighted by atomic mass is 35.5. The van der Waals surface area contributed by atoms with E-state index in [-0.39, 0.29) is 5.02 Å². The summed E-state index contributed by atoms with van der Waals surface area (Å²) in [5, 5.41) is 0.517. The maximum Gasteiger partial charge on any atom is 0.141 e. The number of hydrogen-bond acceptors (Lipinski definition) is 0. The van der Waals surface area contributed by atoms with Crippen LogP contribution in [0.1, 0.15) is 16.5 Å². The lowest BCUT2D eigenvalue weighted by molar-refractivity contribution is 0.627. The van der Waals surface area contributed by atoms with Crippen molar-refractivity contribution in [2.75, 3.05) is 0 Å². The molecule has 2 aromatic rings. The third-order valence-electron chi connectivity index (χ3n) is 2.47. The van der Waals surface area contributed by atoms with Crippen LogP contribution in [0.15, 0.2) is 36.4 Å². The smallest absolute Gasteiger partial charge is 0.141 e. The highest BCUT2D eigenvalue weighted by Crippen LogP contribution is 2.36. The summed E-state index contributed by atoms with van der Waals surface area (Å²) in [4.78, 5) is 0. The molecule has 0 fully saturated rings. The van der Waals surface area contributed by atoms with Gasteiger partial charge in [0.25, 0.3) is 0 Å². The number of halogens is 5. The van der Waals surface area contributed by atoms with Gasteiger partial charge in [0.15, 0.2) is 0 Å². The van der Waals surface area contributed by atoms with Crippen LogP contribution in [0.3, 0.4) is 0 Å². The van der Waals surface area contributed by atoms with E-state index in [1.807, 2.05) is 0 Å². The van der Waals surface area contributed by atoms with Gasteiger partial charge >= 0.3 is 0 Å². The Morgan fingerprint density at radius 3 is 2.22 bits per heavy atom. The molecular formula is C13H7Cl4F. The number of benzene rings is 2. The van der Waals surface area contributed by atoms with E-state index in [2.05, 4.69) is 0 Å². The minimum absolute atomic E-state index is 0.0308. The van der Waals surface area contributed by atoms with Crippen molar-refractivity contribution in [3.8, 4) is 0 Å². The van der Waals surface area contributed by atoms with Gasteiger partial charge < -0.3 is 0 Å². The van der Waals surface area contributed by atoms with E-state index in [9.17, 15) is 4.39 Å². The van der Waals surface area contributed by atoms with Gasteiger partial charge in [-0.15, -0.1) is 11.6 Å². The molecule has 94 valence electrons. The minimum atomic E-state index is -0.507. The van der Waals surface area contributed by atoms with Gasteiger partial charge in [0.2, 0.25) is 0 Å². The summed E-state index contributed by atoms with van der Waals surface area (Å²) in [6.45, 7) is 0. The Hall–Kier alpha value is -0.470. The highest BCUT2D eigenvalue weighted by Gasteiger charge is 2.15. The van der Waals surface area contributed by atoms with Crippen LogP contribution in [0.4, 0.5) is 4.39 Å². The third-order valence-corrected chi connectivity index (χ3v) is 3.81. The van der Waals surface area contributed by atoms with Gasteiger partial charge in [0.1, 0.15) is 5.82 Å². The maximum absolute atomic E-state index is 13.1. The third kappa shape index (κ3) is 2.92. The van der Waals surface area contributed by atoms with Gasteiger partial charge in [-0.25, -0.2) is 4.39 Å². The van der Waals surface area contributed by atoms with Crippen LogP contribution in [-0.2, 0) is 0 Å². The van der Waals surface area contributed by atoms with E-state index in [1.165, 1.54) is 12.1 Å². The van der Waals surface area contributed by atoms with Crippen molar-refractivity contribution in [1.82, 2.24) is 0 Å². The first-order valence-electron chi connectivity index (χ1n) is 5.03. The van der Waals surface area contributed by atoms with Crippen LogP contribution in [0.2, 0.25) is 15.1 Å². The average molecular weight is 324 g/mol. The quantitative estimate of drug-likeness (QED) is 0.584. The summed E-state index contributed by atoms with van der Waals surface area (Å²) in [6.07, 6.45) is 0. The summed E-state index contributed by atoms with van der Waals surface area (Å²) in [5.74, 6) is -0.480. The Labute approximate surface area is 124 Å². The zero-order valence-corrected chi connectivity index (χ0v) is 12.0. The molecule has 1 unspecified atom stereocenters. The molecule has 0 aromatic heterocycles. The fraction of sp³-hybridized carbons (Fsp3) is 0.0769. The second-order valence-electron chi connectivity index (χ2n) is 3.70. The fourth-order valence-electron chi connectivity index (χ4n) is 1.56. The zero-order valence-electron chi connectivity index (χ0n) is 8.93. The molecule has 0 bridgehead atoms. The van der Waals surface area contributed by atoms with Crippen LogP contribution in [0.25, 0.3) is 0 Å². The topological polar surface area (TPSA) is 0 Å². The van der Waals surface area contributed by atoms with Crippen LogP contribution >= 0.6 is 46.4 Å². The Morgan fingerprint density at radius 1 is 0.889 bits per heavy atom. The van der Waals surface area contributed by atoms with E-state index in [1.54, 1.807) is 24.3 Å². The molecule has 0 radical (unpaired) electrons. The number of alkyl halides is 1. The molecule has 0 spiro atoms. The van der Waals surface area contributed by atoms with Crippen molar-refractivity contribution in [2.24, 2.45) is 0 Å². The molecule has 5 heteroatoms. The molecule has 0 saturated heterocycles. The number of hydrogen-bond donors (Lipinski definition) is 0. The normalized spacial score (nSPS) is 12.5. The zero-order chi connectivity index (χ0) is 13.3. The molecule has 0 aliphatic carbocycles. The van der Waals surface area contributed by atoms with Gasteiger partial charge in [-0.3, -0.25) is 0 Å². The Kier molecular flexibility index (Phi) is 4.39. The van der Waals surface area contributed by atoms with Gasteiger partial charge in [-0.2, -0.15) is 0 Å². The van der Waals surface area contributed by atoms with Crippen LogP contribution in [-0.4, -0.2) is 0 Å². The Morgan fingerprint density at radius 2 is 1.61 bits per heavy atom. The lowest BCUT2D eigenvalue weighted by atomic mass is 10.0. The lowest BCUT2D eigenvalue weighted by Gasteiger charge is -2.13. The molecule has 0 aliphatic heterocycles. The van der Waals surface area contributed by atoms with Crippen molar-refractivity contribution in [1.29, 1.82) is 0 Å². The predicted octanol–water partition coefficient (Wildman–Crippen LogP) is 6.11. The van der Waals surface area contributed by atoms with Crippen LogP contribution in [0.5, 0.6) is 0 Å². The average Bonchev–Trinajstić information content (AvgIpc) is 2.32. The molecule has 0 heterocycles. The molecule has 18 heavy (non-hydrogen) atoms. The molecule has 0 aliphatic rings. The summed E-state index contributed by atoms with van der Waals surface area (Å²) >= 11 is 23.9. The van der Waals surface area contributed by atoms with Gasteiger partial charge in [0, 0.05) is 10.0 Å². The van der Waals surface area contributed by atoms with E-state index >= 15 is 0 Å². The van der Waals surface area contributed by atoms with E-state index in [0.29, 0.717) is 21.2 Å². The Bertz CT molecular complexity index is 583. The molecule has 0 saturated carbocycles. The lowest BCUT2D eigenvalue weighted by Crippen LogP contribution is -1.95. The standard InChI is InChI=1S/C13H7Cl4F/c14-8-2-3-9(10(15)6-8)13(17)7-1-4-12(18)11(16)5-7/h1-6,13H. The largest absolute Gasteiger partial charge is 0.205 e. The van der Waals surface area contributed by atoms with Gasteiger partial charge in [-0.05, 0) is 35.4 Å². The van der Waals surface area contributed by atoms with Gasteiger partial charge in [-0.1, -0.05) is 46.9 Å². The molecule has 2 aromatic carbocycles. The summed E-state index contributed by atoms with van der Waals surface area (Å²) in [5.41, 5.74) is 1.37. The first-order valence-corrected chi connectivity index (χ1v) is 6.60. The predicted molar refractivity (Wildman–Crippen MR) is 75.6 cm³/mol. The van der Waals surface area contributed by atoms with Crippen molar-refractivity contribution >= 4 is 46.4 Å². The molecule has 0 amide bonds. The first kappa shape index (κ1) is 14.0. The monoisotopic (exact) mass is 322 g/mol. The second kappa shape index (κ2) is 5.66. The minimum Gasteiger partial charge on any atom is -0.205 e. The summed E-state index contributed by atoms with van der Waals surface area (Å²) in [7, 11) is 0. The maximum atomic E-state index is 13.1. The van der Waals surface area contributed by atoms with Crippen molar-refractivity contribution in [3.63, 3.8) is 0 Å². The van der Waals surface area contributed by atoms with Crippen molar-refractivity contribution in [2.45, 2.75) is 5.38 Å². The number of rotatable bonds is 2. The molecular weight excluding hydrogens is 317 g/mol. The van der Waals surface area contributed by atoms with E-state index in [4.69, 9.17) is 46.4 Å². The highest BCUT2D eigenvalue weighted by molar-refractivity contribution is 6.36. The van der Waals surface area contributed by atoms with E-state index in [0.717, 1.165) is 0 Å². The van der Waals surface area contributed by atoms with Crippen molar-refractivity contribution < 1.29 is 4.39 Å².